The summed E-state index contributed by atoms with van der Waals surface area (Å²) in [5.74, 6) is -23.6. The molecular weight excluding hydrogens is 1850 g/mol. The number of aliphatic carboxylic acids is 1. The Kier molecular flexibility index (Phi) is 34.1. The largest absolute Gasteiger partial charge is 0.480 e. The molecule has 4 atom stereocenters. The van der Waals surface area contributed by atoms with Crippen molar-refractivity contribution >= 4 is 54.4 Å². The van der Waals surface area contributed by atoms with Gasteiger partial charge < -0.3 is 79.3 Å². The van der Waals surface area contributed by atoms with Crippen LogP contribution in [0.15, 0.2) is 48.5 Å². The molecule has 6 amide bonds. The predicted octanol–water partition coefficient (Wildman–Crippen LogP) is 11.5. The number of ether oxygens (including phenoxy) is 3. The van der Waals surface area contributed by atoms with E-state index in [-0.39, 0.29) is 106 Å². The number of carboxylic acids is 1. The first-order chi connectivity index (χ1) is 60.0. The summed E-state index contributed by atoms with van der Waals surface area (Å²) in [5.41, 5.74) is 1.55. The summed E-state index contributed by atoms with van der Waals surface area (Å²) >= 11 is 0. The monoisotopic (exact) mass is 1930 g/mol. The summed E-state index contributed by atoms with van der Waals surface area (Å²) in [5, 5.41) is 44.9. The Bertz CT molecular complexity index is 5280. The van der Waals surface area contributed by atoms with Gasteiger partial charge in [0.1, 0.15) is 64.0 Å². The van der Waals surface area contributed by atoms with Crippen LogP contribution in [0, 0.1) is 69.8 Å². The van der Waals surface area contributed by atoms with Crippen LogP contribution in [0.1, 0.15) is 131 Å². The fourth-order valence-corrected chi connectivity index (χ4v) is 12.5. The van der Waals surface area contributed by atoms with Crippen LogP contribution < -0.4 is 27.0 Å². The van der Waals surface area contributed by atoms with Crippen molar-refractivity contribution in [3.63, 3.8) is 0 Å². The number of rotatable bonds is 15. The van der Waals surface area contributed by atoms with E-state index >= 15 is 0 Å². The average Bonchev–Trinajstić information content (AvgIpc) is 1.66. The number of nitrogens with two attached hydrogens (primary N) is 1. The topological polar surface area (TPSA) is 374 Å². The normalized spacial score (nSPS) is 14.8. The van der Waals surface area contributed by atoms with Gasteiger partial charge in [-0.25, -0.2) is 71.9 Å². The summed E-state index contributed by atoms with van der Waals surface area (Å²) in [7, 11) is 0. The van der Waals surface area contributed by atoms with Crippen LogP contribution in [0.3, 0.4) is 0 Å². The third kappa shape index (κ3) is 29.1. The number of hydrogen-bond acceptors (Lipinski definition) is 20. The van der Waals surface area contributed by atoms with Gasteiger partial charge in [0.15, 0.2) is 64.0 Å². The van der Waals surface area contributed by atoms with E-state index in [0.29, 0.717) is 67.4 Å². The minimum Gasteiger partial charge on any atom is -0.480 e. The van der Waals surface area contributed by atoms with Gasteiger partial charge in [-0.15, -0.1) is 53.2 Å². The molecule has 31 nitrogen and oxygen atoms in total. The van der Waals surface area contributed by atoms with Gasteiger partial charge in [0.05, 0.1) is 32.2 Å². The van der Waals surface area contributed by atoms with E-state index in [1.807, 2.05) is 5.32 Å². The Labute approximate surface area is 730 Å². The number of aromatic nitrogens is 12. The highest BCUT2D eigenvalue weighted by Gasteiger charge is 2.46. The van der Waals surface area contributed by atoms with Crippen molar-refractivity contribution in [2.75, 3.05) is 26.2 Å². The predicted molar refractivity (Wildman–Crippen MR) is 400 cm³/mol. The van der Waals surface area contributed by atoms with Gasteiger partial charge in [-0.3, -0.25) is 14.4 Å². The molecule has 12 rings (SSSR count). The van der Waals surface area contributed by atoms with E-state index in [9.17, 15) is 139 Å². The molecule has 0 saturated carbocycles. The number of halogens is 25. The minimum absolute atomic E-state index is 0. The first-order valence-corrected chi connectivity index (χ1v) is 38.0. The van der Waals surface area contributed by atoms with Gasteiger partial charge in [0, 0.05) is 95.9 Å². The molecule has 8 aromatic rings. The number of fused-ring (bicyclic) bond motifs is 4. The van der Waals surface area contributed by atoms with E-state index in [0.717, 1.165) is 33.0 Å². The molecule has 0 bridgehead atoms. The second kappa shape index (κ2) is 42.3. The third-order valence-corrected chi connectivity index (χ3v) is 18.2. The van der Waals surface area contributed by atoms with Crippen molar-refractivity contribution in [1.82, 2.24) is 95.0 Å². The molecule has 8 heterocycles. The van der Waals surface area contributed by atoms with Crippen LogP contribution in [-0.4, -0.2) is 188 Å². The molecule has 4 aliphatic rings. The smallest absolute Gasteiger partial charge is 0.451 e. The Morgan fingerprint density at radius 3 is 0.878 bits per heavy atom. The molecule has 0 unspecified atom stereocenters. The molecule has 0 fully saturated rings. The summed E-state index contributed by atoms with van der Waals surface area (Å²) in [6, 6.07) is -2.26. The molecule has 131 heavy (non-hydrogen) atoms. The summed E-state index contributed by atoms with van der Waals surface area (Å²) in [6.45, 7) is 13.1. The molecule has 7 N–H and O–H groups in total. The SMILES string of the molecule is CC(C)(C)OC(=O)N[C@H](Cc1cc(F)c(F)cc1F)C(=O)N1CCn2c(nnc2C(F)(F)F)C1.CC(C)(C)OC(=O)N[C@H](Cc1cc(F)c(F)cc1F)C(=O)N1CCn2c(nnc2C(F)(F)F)C1.CC(C)(C)OC(=O)N[C@H](Cc1cc(F)c(F)cc1F)C(=O)O.Cl.FC(F)(F)c1nnc2n1CCNC2.N[C@H](Cc1cc(F)c(F)cc1F)C(=O)N1CCn2c(nnc2C(F)(F)F)C1. The Morgan fingerprint density at radius 2 is 0.603 bits per heavy atom. The molecule has 56 heteroatoms. The van der Waals surface area contributed by atoms with Gasteiger partial charge in [-0.1, -0.05) is 0 Å². The fourth-order valence-electron chi connectivity index (χ4n) is 12.5. The van der Waals surface area contributed by atoms with E-state index in [1.54, 1.807) is 62.3 Å². The Morgan fingerprint density at radius 1 is 0.359 bits per heavy atom. The van der Waals surface area contributed by atoms with E-state index in [1.165, 1.54) is 0 Å². The highest BCUT2D eigenvalue weighted by Crippen LogP contribution is 2.35. The van der Waals surface area contributed by atoms with Crippen LogP contribution in [-0.2, 0) is 136 Å². The number of amides is 6. The minimum atomic E-state index is -4.73. The first kappa shape index (κ1) is 106. The van der Waals surface area contributed by atoms with Crippen molar-refractivity contribution in [3.8, 4) is 0 Å². The summed E-state index contributed by atoms with van der Waals surface area (Å²) in [4.78, 5) is 89.3. The maximum absolute atomic E-state index is 14.2. The zero-order valence-electron chi connectivity index (χ0n) is 69.5. The number of hydrogen-bond donors (Lipinski definition) is 6. The zero-order chi connectivity index (χ0) is 97.3. The first-order valence-electron chi connectivity index (χ1n) is 38.0. The number of benzene rings is 4. The number of alkyl halides is 12. The van der Waals surface area contributed by atoms with Gasteiger partial charge in [-0.2, -0.15) is 52.7 Å². The van der Waals surface area contributed by atoms with Crippen LogP contribution >= 0.6 is 12.4 Å². The van der Waals surface area contributed by atoms with Gasteiger partial charge in [-0.05, 0) is 115 Å². The van der Waals surface area contributed by atoms with Crippen LogP contribution in [0.4, 0.5) is 120 Å². The number of nitrogens with one attached hydrogen (secondary N) is 4. The number of carbonyl (C=O) groups is 7. The van der Waals surface area contributed by atoms with E-state index in [4.69, 9.17) is 25.1 Å². The average molecular weight is 1930 g/mol. The molecule has 0 spiro atoms. The van der Waals surface area contributed by atoms with Crippen molar-refractivity contribution in [2.24, 2.45) is 5.73 Å². The number of nitrogens with zero attached hydrogens (tertiary/aromatic N) is 15. The lowest BCUT2D eigenvalue weighted by molar-refractivity contribution is -0.149. The lowest BCUT2D eigenvalue weighted by Gasteiger charge is -2.32. The quantitative estimate of drug-likeness (QED) is 0.0315. The third-order valence-electron chi connectivity index (χ3n) is 18.2. The Hall–Kier alpha value is -12.3. The molecular formula is C75H79ClF24N20O11. The number of carboxylic acid groups (broad SMARTS) is 1. The highest BCUT2D eigenvalue weighted by atomic mass is 35.5. The van der Waals surface area contributed by atoms with Gasteiger partial charge >= 0.3 is 49.0 Å². The molecule has 0 saturated heterocycles. The maximum Gasteiger partial charge on any atom is 0.451 e. The van der Waals surface area contributed by atoms with Crippen molar-refractivity contribution in [3.05, 3.63) is 187 Å². The molecule has 0 radical (unpaired) electrons. The fraction of sp³-hybridized carbons (Fsp3) is 0.480. The lowest BCUT2D eigenvalue weighted by Crippen LogP contribution is -2.52. The maximum atomic E-state index is 14.2. The van der Waals surface area contributed by atoms with E-state index in [2.05, 4.69) is 56.7 Å². The summed E-state index contributed by atoms with van der Waals surface area (Å²) < 4.78 is 334. The molecule has 4 aromatic heterocycles. The van der Waals surface area contributed by atoms with Crippen LogP contribution in [0.25, 0.3) is 0 Å². The molecule has 4 aliphatic heterocycles. The molecule has 720 valence electrons. The van der Waals surface area contributed by atoms with E-state index < -0.39 is 238 Å². The van der Waals surface area contributed by atoms with Gasteiger partial charge in [0.25, 0.3) is 0 Å². The second-order valence-electron chi connectivity index (χ2n) is 31.6. The van der Waals surface area contributed by atoms with Crippen LogP contribution in [0.5, 0.6) is 0 Å². The Balaban J connectivity index is 0.000000230. The lowest BCUT2D eigenvalue weighted by atomic mass is 10.0. The standard InChI is InChI=1S/2C20H21F6N5O3.C15H13F6N5O.C14H16F3NO4.C6H7F3N4.ClH/c2*1-19(2,3)34-18(33)27-14(7-10-6-12(22)13(23)8-11(10)21)16(32)30-4-5-31-15(9-30)28-29-17(31)20(24,25)26;16-8-5-10(18)9(17)3-7(8)4-11(22)13(27)25-1-2-26-12(6-25)23-24-14(26)15(19,20)21;1-14(2,3)22-13(21)18-11(12(19)20)5-7-4-9(16)10(17)6-8(7)15;7-6(8,9)5-12-11-4-3-10-1-2-13(4)5;/h2*6,8,14H,4-5,7,9H2,1-3H3,(H,27,33);3,5,11H,1-2,4,6,22H2;4,6,11H,5H2,1-3H3,(H,18,21)(H,19,20);10H,1-3H2;1H/t2*14-;2*11-;;/m1111../s1. The molecule has 4 aromatic carbocycles. The van der Waals surface area contributed by atoms with Crippen molar-refractivity contribution in [2.45, 2.75) is 206 Å². The van der Waals surface area contributed by atoms with Gasteiger partial charge in [0.2, 0.25) is 41.0 Å². The zero-order valence-corrected chi connectivity index (χ0v) is 70.4. The van der Waals surface area contributed by atoms with Crippen LogP contribution in [0.2, 0.25) is 0 Å². The van der Waals surface area contributed by atoms with Crippen molar-refractivity contribution in [1.29, 1.82) is 0 Å². The molecule has 0 aliphatic carbocycles. The highest BCUT2D eigenvalue weighted by molar-refractivity contribution is 5.87. The number of alkyl carbamates (subject to hydrolysis) is 3. The summed E-state index contributed by atoms with van der Waals surface area (Å²) in [6.07, 6.45) is -23.7. The second-order valence-corrected chi connectivity index (χ2v) is 31.6. The van der Waals surface area contributed by atoms with Crippen molar-refractivity contribution < 1.29 is 158 Å². The number of carbonyl (C=O) groups excluding carboxylic acids is 6.